The normalized spacial score (nSPS) is 12.5. The number of pyridine rings is 1. The molecule has 1 atom stereocenters. The minimum atomic E-state index is -4.51. The predicted molar refractivity (Wildman–Crippen MR) is 79.4 cm³/mol. The van der Waals surface area contributed by atoms with E-state index in [1.54, 1.807) is 13.0 Å². The van der Waals surface area contributed by atoms with Gasteiger partial charge in [0.05, 0.1) is 23.8 Å². The fraction of sp³-hybridized carbons (Fsp3) is 0.267. The average molecular weight is 353 g/mol. The third kappa shape index (κ3) is 4.49. The smallest absolute Gasteiger partial charge is 0.361 e. The molecule has 2 rings (SSSR count). The zero-order chi connectivity index (χ0) is 18.6. The van der Waals surface area contributed by atoms with Gasteiger partial charge in [0.25, 0.3) is 0 Å². The Bertz CT molecular complexity index is 750. The van der Waals surface area contributed by atoms with E-state index in [-0.39, 0.29) is 18.1 Å². The number of carbonyl (C=O) groups excluding carboxylic acids is 2. The largest absolute Gasteiger partial charge is 0.417 e. The minimum Gasteiger partial charge on any atom is -0.361 e. The lowest BCUT2D eigenvalue weighted by molar-refractivity contribution is -0.146. The van der Waals surface area contributed by atoms with Crippen molar-refractivity contribution < 1.29 is 22.8 Å². The van der Waals surface area contributed by atoms with Crippen molar-refractivity contribution >= 4 is 11.8 Å². The van der Waals surface area contributed by atoms with E-state index in [4.69, 9.17) is 5.73 Å². The molecule has 25 heavy (non-hydrogen) atoms. The molecule has 0 aromatic carbocycles. The Morgan fingerprint density at radius 3 is 2.32 bits per heavy atom. The summed E-state index contributed by atoms with van der Waals surface area (Å²) in [6.45, 7) is 1.35. The van der Waals surface area contributed by atoms with E-state index in [1.807, 2.05) is 0 Å². The van der Waals surface area contributed by atoms with Crippen LogP contribution in [-0.2, 0) is 22.3 Å². The fourth-order valence-electron chi connectivity index (χ4n) is 2.05. The highest BCUT2D eigenvalue weighted by Gasteiger charge is 2.31. The monoisotopic (exact) mass is 353 g/mol. The molecular weight excluding hydrogens is 339 g/mol. The van der Waals surface area contributed by atoms with Gasteiger partial charge >= 0.3 is 18.0 Å². The summed E-state index contributed by atoms with van der Waals surface area (Å²) >= 11 is 0. The maximum Gasteiger partial charge on any atom is 0.417 e. The van der Waals surface area contributed by atoms with Crippen molar-refractivity contribution in [2.75, 3.05) is 0 Å². The molecule has 2 N–H and O–H groups in total. The highest BCUT2D eigenvalue weighted by Crippen LogP contribution is 2.28. The minimum absolute atomic E-state index is 0.158. The van der Waals surface area contributed by atoms with Gasteiger partial charge in [-0.1, -0.05) is 0 Å². The van der Waals surface area contributed by atoms with Crippen molar-refractivity contribution in [2.24, 2.45) is 5.73 Å². The molecule has 2 heterocycles. The SMILES string of the molecule is CC(c1ncccn1)N(Cc1ccc(C(F)(F)F)cn1)C(=O)C(N)=O. The van der Waals surface area contributed by atoms with Gasteiger partial charge in [0.15, 0.2) is 0 Å². The van der Waals surface area contributed by atoms with Gasteiger partial charge in [-0.3, -0.25) is 14.6 Å². The Labute approximate surface area is 140 Å². The molecule has 132 valence electrons. The first-order valence-corrected chi connectivity index (χ1v) is 7.09. The van der Waals surface area contributed by atoms with Crippen molar-refractivity contribution in [3.63, 3.8) is 0 Å². The molecule has 0 radical (unpaired) electrons. The van der Waals surface area contributed by atoms with Gasteiger partial charge in [0.2, 0.25) is 0 Å². The Hall–Kier alpha value is -3.04. The first-order chi connectivity index (χ1) is 11.7. The number of nitrogens with two attached hydrogens (primary N) is 1. The summed E-state index contributed by atoms with van der Waals surface area (Å²) in [6.07, 6.45) is -0.935. The van der Waals surface area contributed by atoms with Crippen LogP contribution in [-0.4, -0.2) is 31.7 Å². The first-order valence-electron chi connectivity index (χ1n) is 7.09. The van der Waals surface area contributed by atoms with Gasteiger partial charge in [-0.15, -0.1) is 0 Å². The van der Waals surface area contributed by atoms with Crippen molar-refractivity contribution in [3.8, 4) is 0 Å². The van der Waals surface area contributed by atoms with Crippen LogP contribution in [0.4, 0.5) is 13.2 Å². The van der Waals surface area contributed by atoms with Crippen LogP contribution in [0.25, 0.3) is 0 Å². The summed E-state index contributed by atoms with van der Waals surface area (Å²) in [7, 11) is 0. The summed E-state index contributed by atoms with van der Waals surface area (Å²) in [5.41, 5.74) is 4.29. The van der Waals surface area contributed by atoms with Crippen molar-refractivity contribution in [3.05, 3.63) is 53.9 Å². The maximum absolute atomic E-state index is 12.6. The summed E-state index contributed by atoms with van der Waals surface area (Å²) in [5, 5.41) is 0. The molecule has 1 unspecified atom stereocenters. The van der Waals surface area contributed by atoms with Crippen molar-refractivity contribution in [1.82, 2.24) is 19.9 Å². The van der Waals surface area contributed by atoms with Crippen molar-refractivity contribution in [2.45, 2.75) is 25.7 Å². The highest BCUT2D eigenvalue weighted by molar-refractivity contribution is 6.34. The number of hydrogen-bond acceptors (Lipinski definition) is 5. The van der Waals surface area contributed by atoms with E-state index < -0.39 is 29.6 Å². The molecule has 0 spiro atoms. The zero-order valence-electron chi connectivity index (χ0n) is 13.1. The third-order valence-electron chi connectivity index (χ3n) is 3.38. The molecule has 0 aliphatic rings. The lowest BCUT2D eigenvalue weighted by Gasteiger charge is -2.26. The lowest BCUT2D eigenvalue weighted by atomic mass is 10.2. The number of alkyl halides is 3. The van der Waals surface area contributed by atoms with E-state index in [1.165, 1.54) is 12.4 Å². The average Bonchev–Trinajstić information content (AvgIpc) is 2.59. The maximum atomic E-state index is 12.6. The van der Waals surface area contributed by atoms with E-state index in [0.29, 0.717) is 6.20 Å². The second-order valence-corrected chi connectivity index (χ2v) is 5.12. The molecule has 7 nitrogen and oxygen atoms in total. The molecule has 0 aliphatic carbocycles. The quantitative estimate of drug-likeness (QED) is 0.839. The molecule has 2 aromatic rings. The first kappa shape index (κ1) is 18.3. The summed E-state index contributed by atoms with van der Waals surface area (Å²) in [6, 6.07) is 2.82. The van der Waals surface area contributed by atoms with Crippen LogP contribution in [0.2, 0.25) is 0 Å². The van der Waals surface area contributed by atoms with E-state index >= 15 is 0 Å². The fourth-order valence-corrected chi connectivity index (χ4v) is 2.05. The second kappa shape index (κ2) is 7.24. The molecule has 2 amide bonds. The van der Waals surface area contributed by atoms with Crippen LogP contribution in [0.15, 0.2) is 36.8 Å². The molecular formula is C15H14F3N5O2. The summed E-state index contributed by atoms with van der Waals surface area (Å²) in [5.74, 6) is -1.96. The van der Waals surface area contributed by atoms with Gasteiger partial charge in [-0.05, 0) is 25.1 Å². The Morgan fingerprint density at radius 1 is 1.20 bits per heavy atom. The summed E-state index contributed by atoms with van der Waals surface area (Å²) < 4.78 is 37.8. The molecule has 0 aliphatic heterocycles. The topological polar surface area (TPSA) is 102 Å². The second-order valence-electron chi connectivity index (χ2n) is 5.12. The zero-order valence-corrected chi connectivity index (χ0v) is 13.1. The number of hydrogen-bond donors (Lipinski definition) is 1. The van der Waals surface area contributed by atoms with Crippen LogP contribution < -0.4 is 5.73 Å². The van der Waals surface area contributed by atoms with Crippen LogP contribution in [0.1, 0.15) is 30.0 Å². The van der Waals surface area contributed by atoms with Gasteiger partial charge < -0.3 is 10.6 Å². The molecule has 0 fully saturated rings. The van der Waals surface area contributed by atoms with Gasteiger partial charge in [-0.2, -0.15) is 13.2 Å². The van der Waals surface area contributed by atoms with Crippen LogP contribution in [0.5, 0.6) is 0 Å². The number of halogens is 3. The number of nitrogens with zero attached hydrogens (tertiary/aromatic N) is 4. The number of aromatic nitrogens is 3. The molecule has 2 aromatic heterocycles. The van der Waals surface area contributed by atoms with Gasteiger partial charge in [0.1, 0.15) is 5.82 Å². The Kier molecular flexibility index (Phi) is 5.30. The lowest BCUT2D eigenvalue weighted by Crippen LogP contribution is -2.42. The highest BCUT2D eigenvalue weighted by atomic mass is 19.4. The van der Waals surface area contributed by atoms with E-state index in [9.17, 15) is 22.8 Å². The third-order valence-corrected chi connectivity index (χ3v) is 3.38. The number of carbonyl (C=O) groups is 2. The molecule has 10 heteroatoms. The number of rotatable bonds is 4. The molecule has 0 saturated carbocycles. The summed E-state index contributed by atoms with van der Waals surface area (Å²) in [4.78, 5) is 36.1. The van der Waals surface area contributed by atoms with Gasteiger partial charge in [0, 0.05) is 18.6 Å². The predicted octanol–water partition coefficient (Wildman–Crippen LogP) is 1.47. The van der Waals surface area contributed by atoms with Crippen LogP contribution in [0, 0.1) is 0 Å². The van der Waals surface area contributed by atoms with Crippen LogP contribution >= 0.6 is 0 Å². The van der Waals surface area contributed by atoms with Crippen molar-refractivity contribution in [1.29, 1.82) is 0 Å². The molecule has 0 bridgehead atoms. The molecule has 0 saturated heterocycles. The Morgan fingerprint density at radius 2 is 1.84 bits per heavy atom. The van der Waals surface area contributed by atoms with E-state index in [0.717, 1.165) is 17.0 Å². The van der Waals surface area contributed by atoms with Crippen LogP contribution in [0.3, 0.4) is 0 Å². The number of primary amides is 1. The standard InChI is InChI=1S/C15H14F3N5O2/c1-9(13-20-5-2-6-21-13)23(14(25)12(19)24)8-11-4-3-10(7-22-11)15(16,17)18/h2-7,9H,8H2,1H3,(H2,19,24). The van der Waals surface area contributed by atoms with E-state index in [2.05, 4.69) is 15.0 Å². The Balaban J connectivity index is 2.28. The van der Waals surface area contributed by atoms with Gasteiger partial charge in [-0.25, -0.2) is 9.97 Å². The number of amides is 2.